The molecule has 0 saturated carbocycles. The summed E-state index contributed by atoms with van der Waals surface area (Å²) in [6, 6.07) is 12.3. The van der Waals surface area contributed by atoms with Crippen LogP contribution in [0.1, 0.15) is 4.88 Å². The molecule has 0 unspecified atom stereocenters. The second-order valence-corrected chi connectivity index (χ2v) is 7.11. The topological polar surface area (TPSA) is 26.8 Å². The van der Waals surface area contributed by atoms with Gasteiger partial charge in [-0.05, 0) is 37.7 Å². The number of para-hydroxylation sites is 2. The van der Waals surface area contributed by atoms with Crippen LogP contribution in [0.3, 0.4) is 0 Å². The van der Waals surface area contributed by atoms with E-state index >= 15 is 0 Å². The van der Waals surface area contributed by atoms with E-state index in [1.165, 1.54) is 5.69 Å². The van der Waals surface area contributed by atoms with Gasteiger partial charge in [-0.3, -0.25) is 4.79 Å². The highest BCUT2D eigenvalue weighted by molar-refractivity contribution is 7.10. The van der Waals surface area contributed by atoms with Gasteiger partial charge < -0.3 is 14.7 Å². The average Bonchev–Trinajstić information content (AvgIpc) is 3.05. The third-order valence-corrected chi connectivity index (χ3v) is 5.01. The van der Waals surface area contributed by atoms with Crippen LogP contribution in [0.2, 0.25) is 0 Å². The summed E-state index contributed by atoms with van der Waals surface area (Å²) in [6.45, 7) is 3.64. The van der Waals surface area contributed by atoms with Crippen molar-refractivity contribution >= 4 is 28.6 Å². The first-order valence-corrected chi connectivity index (χ1v) is 8.84. The molecule has 5 heteroatoms. The summed E-state index contributed by atoms with van der Waals surface area (Å²) in [7, 11) is 4.18. The second-order valence-electron chi connectivity index (χ2n) is 6.08. The molecule has 0 saturated heterocycles. The van der Waals surface area contributed by atoms with Crippen molar-refractivity contribution in [2.45, 2.75) is 6.42 Å². The van der Waals surface area contributed by atoms with Crippen LogP contribution >= 0.6 is 11.3 Å². The summed E-state index contributed by atoms with van der Waals surface area (Å²) in [5.74, 6) is 0.187. The Morgan fingerprint density at radius 3 is 2.61 bits per heavy atom. The van der Waals surface area contributed by atoms with Crippen LogP contribution in [-0.2, 0) is 11.2 Å². The van der Waals surface area contributed by atoms with Gasteiger partial charge in [-0.2, -0.15) is 0 Å². The van der Waals surface area contributed by atoms with Crippen molar-refractivity contribution < 1.29 is 4.79 Å². The van der Waals surface area contributed by atoms with E-state index in [4.69, 9.17) is 0 Å². The zero-order valence-electron chi connectivity index (χ0n) is 13.7. The molecule has 2 heterocycles. The number of hydrogen-bond donors (Lipinski definition) is 0. The largest absolute Gasteiger partial charge is 0.367 e. The monoisotopic (exact) mass is 329 g/mol. The predicted octanol–water partition coefficient (Wildman–Crippen LogP) is 2.71. The quantitative estimate of drug-likeness (QED) is 0.844. The van der Waals surface area contributed by atoms with Gasteiger partial charge in [0.1, 0.15) is 0 Å². The Morgan fingerprint density at radius 2 is 1.91 bits per heavy atom. The lowest BCUT2D eigenvalue weighted by Gasteiger charge is -2.38. The van der Waals surface area contributed by atoms with Crippen molar-refractivity contribution in [3.05, 3.63) is 46.7 Å². The highest BCUT2D eigenvalue weighted by Gasteiger charge is 2.26. The van der Waals surface area contributed by atoms with Gasteiger partial charge in [-0.25, -0.2) is 0 Å². The van der Waals surface area contributed by atoms with E-state index in [0.29, 0.717) is 6.42 Å². The number of carbonyl (C=O) groups excluding carboxylic acids is 1. The molecule has 1 aliphatic heterocycles. The fraction of sp³-hybridized carbons (Fsp3) is 0.389. The Balaban J connectivity index is 1.78. The van der Waals surface area contributed by atoms with E-state index in [9.17, 15) is 4.79 Å². The summed E-state index contributed by atoms with van der Waals surface area (Å²) in [5.41, 5.74) is 2.21. The maximum atomic E-state index is 12.7. The number of rotatable bonds is 5. The summed E-state index contributed by atoms with van der Waals surface area (Å²) in [6.07, 6.45) is 0.490. The minimum atomic E-state index is 0.187. The van der Waals surface area contributed by atoms with Gasteiger partial charge in [0.15, 0.2) is 0 Å². The smallest absolute Gasteiger partial charge is 0.232 e. The molecule has 0 bridgehead atoms. The van der Waals surface area contributed by atoms with Crippen molar-refractivity contribution in [3.8, 4) is 0 Å². The minimum absolute atomic E-state index is 0.187. The fourth-order valence-corrected chi connectivity index (χ4v) is 3.59. The third-order valence-electron chi connectivity index (χ3n) is 4.13. The molecule has 1 amide bonds. The van der Waals surface area contributed by atoms with Crippen molar-refractivity contribution in [2.24, 2.45) is 0 Å². The minimum Gasteiger partial charge on any atom is -0.367 e. The van der Waals surface area contributed by atoms with Crippen molar-refractivity contribution in [1.82, 2.24) is 4.90 Å². The van der Waals surface area contributed by atoms with Gasteiger partial charge in [-0.15, -0.1) is 11.3 Å². The van der Waals surface area contributed by atoms with E-state index in [2.05, 4.69) is 42.1 Å². The maximum absolute atomic E-state index is 12.7. The van der Waals surface area contributed by atoms with Crippen LogP contribution < -0.4 is 9.80 Å². The summed E-state index contributed by atoms with van der Waals surface area (Å²) >= 11 is 1.64. The van der Waals surface area contributed by atoms with E-state index in [-0.39, 0.29) is 5.91 Å². The van der Waals surface area contributed by atoms with Crippen LogP contribution in [0.5, 0.6) is 0 Å². The lowest BCUT2D eigenvalue weighted by atomic mass is 10.1. The van der Waals surface area contributed by atoms with Crippen LogP contribution in [0.15, 0.2) is 41.8 Å². The van der Waals surface area contributed by atoms with Gasteiger partial charge in [0.2, 0.25) is 5.91 Å². The molecule has 122 valence electrons. The standard InChI is InChI=1S/C18H23N3OS/c1-19(2)9-10-20-11-12-21(17-8-4-3-7-16(17)20)18(22)14-15-6-5-13-23-15/h3-8,13H,9-12,14H2,1-2H3. The van der Waals surface area contributed by atoms with Gasteiger partial charge in [-0.1, -0.05) is 18.2 Å². The number of anilines is 2. The van der Waals surface area contributed by atoms with E-state index in [0.717, 1.165) is 36.7 Å². The highest BCUT2D eigenvalue weighted by atomic mass is 32.1. The molecule has 23 heavy (non-hydrogen) atoms. The Labute approximate surface area is 141 Å². The van der Waals surface area contributed by atoms with Crippen molar-refractivity contribution in [3.63, 3.8) is 0 Å². The molecular formula is C18H23N3OS. The van der Waals surface area contributed by atoms with Crippen molar-refractivity contribution in [2.75, 3.05) is 50.1 Å². The molecular weight excluding hydrogens is 306 g/mol. The molecule has 0 aliphatic carbocycles. The zero-order valence-corrected chi connectivity index (χ0v) is 14.6. The molecule has 4 nitrogen and oxygen atoms in total. The first kappa shape index (κ1) is 16.0. The SMILES string of the molecule is CN(C)CCN1CCN(C(=O)Cc2cccs2)c2ccccc21. The second kappa shape index (κ2) is 7.15. The Bertz CT molecular complexity index is 654. The zero-order chi connectivity index (χ0) is 16.2. The van der Waals surface area contributed by atoms with Crippen LogP contribution in [0.25, 0.3) is 0 Å². The molecule has 2 aromatic rings. The molecule has 0 fully saturated rings. The number of amides is 1. The first-order valence-electron chi connectivity index (χ1n) is 7.96. The number of likely N-dealkylation sites (N-methyl/N-ethyl adjacent to an activating group) is 1. The maximum Gasteiger partial charge on any atom is 0.232 e. The van der Waals surface area contributed by atoms with Gasteiger partial charge >= 0.3 is 0 Å². The van der Waals surface area contributed by atoms with Gasteiger partial charge in [0.05, 0.1) is 17.8 Å². The number of thiophene rings is 1. The Hall–Kier alpha value is -1.85. The van der Waals surface area contributed by atoms with Crippen LogP contribution in [-0.4, -0.2) is 51.1 Å². The van der Waals surface area contributed by atoms with Gasteiger partial charge in [0, 0.05) is 31.1 Å². The molecule has 0 atom stereocenters. The summed E-state index contributed by atoms with van der Waals surface area (Å²) < 4.78 is 0. The van der Waals surface area contributed by atoms with Crippen LogP contribution in [0.4, 0.5) is 11.4 Å². The third kappa shape index (κ3) is 3.74. The predicted molar refractivity (Wildman–Crippen MR) is 97.6 cm³/mol. The molecule has 0 radical (unpaired) electrons. The molecule has 3 rings (SSSR count). The molecule has 1 aliphatic rings. The normalized spacial score (nSPS) is 14.2. The van der Waals surface area contributed by atoms with E-state index in [1.54, 1.807) is 11.3 Å². The fourth-order valence-electron chi connectivity index (χ4n) is 2.89. The van der Waals surface area contributed by atoms with Gasteiger partial charge in [0.25, 0.3) is 0 Å². The van der Waals surface area contributed by atoms with Crippen molar-refractivity contribution in [1.29, 1.82) is 0 Å². The number of benzene rings is 1. The first-order chi connectivity index (χ1) is 11.1. The number of carbonyl (C=O) groups is 1. The molecule has 0 N–H and O–H groups in total. The lowest BCUT2D eigenvalue weighted by Crippen LogP contribution is -2.46. The summed E-state index contributed by atoms with van der Waals surface area (Å²) in [5, 5.41) is 2.02. The highest BCUT2D eigenvalue weighted by Crippen LogP contribution is 2.33. The van der Waals surface area contributed by atoms with E-state index < -0.39 is 0 Å². The number of fused-ring (bicyclic) bond motifs is 1. The number of hydrogen-bond acceptors (Lipinski definition) is 4. The average molecular weight is 329 g/mol. The number of nitrogens with zero attached hydrogens (tertiary/aromatic N) is 3. The molecule has 1 aromatic carbocycles. The van der Waals surface area contributed by atoms with Crippen LogP contribution in [0, 0.1) is 0 Å². The lowest BCUT2D eigenvalue weighted by molar-refractivity contribution is -0.117. The summed E-state index contributed by atoms with van der Waals surface area (Å²) in [4.78, 5) is 20.4. The Kier molecular flexibility index (Phi) is 4.98. The molecule has 1 aromatic heterocycles. The molecule has 0 spiro atoms. The van der Waals surface area contributed by atoms with E-state index in [1.807, 2.05) is 28.5 Å². The Morgan fingerprint density at radius 1 is 1.13 bits per heavy atom.